The summed E-state index contributed by atoms with van der Waals surface area (Å²) in [6, 6.07) is 3.46. The molecule has 0 fully saturated rings. The molecule has 0 heterocycles. The molecule has 2 N–H and O–H groups in total. The number of aliphatic hydroxyl groups excluding tert-OH is 2. The molecule has 1 aromatic rings. The fraction of sp³-hybridized carbons (Fsp3) is 0.500. The van der Waals surface area contributed by atoms with E-state index in [9.17, 15) is 10.2 Å². The molecule has 16 heavy (non-hydrogen) atoms. The summed E-state index contributed by atoms with van der Waals surface area (Å²) < 4.78 is 10.3. The second-order valence-electron chi connectivity index (χ2n) is 3.75. The van der Waals surface area contributed by atoms with Crippen molar-refractivity contribution in [2.24, 2.45) is 0 Å². The molecule has 2 unspecified atom stereocenters. The Balaban J connectivity index is 3.21. The molecule has 2 atom stereocenters. The first-order chi connectivity index (χ1) is 7.51. The number of ether oxygens (including phenoxy) is 2. The number of methoxy groups -OCH3 is 2. The summed E-state index contributed by atoms with van der Waals surface area (Å²) in [4.78, 5) is 0. The Kier molecular flexibility index (Phi) is 4.15. The zero-order valence-corrected chi connectivity index (χ0v) is 10.0. The lowest BCUT2D eigenvalue weighted by atomic mass is 9.99. The molecule has 4 heteroatoms. The van der Waals surface area contributed by atoms with Crippen LogP contribution in [0.25, 0.3) is 0 Å². The van der Waals surface area contributed by atoms with Crippen LogP contribution in [0.2, 0.25) is 0 Å². The zero-order chi connectivity index (χ0) is 12.3. The number of hydrogen-bond donors (Lipinski definition) is 2. The third-order valence-corrected chi connectivity index (χ3v) is 2.55. The summed E-state index contributed by atoms with van der Waals surface area (Å²) in [5.41, 5.74) is 1.50. The van der Waals surface area contributed by atoms with Gasteiger partial charge in [0.25, 0.3) is 0 Å². The molecule has 0 saturated heterocycles. The van der Waals surface area contributed by atoms with Gasteiger partial charge in [-0.25, -0.2) is 0 Å². The molecule has 0 saturated carbocycles. The van der Waals surface area contributed by atoms with Crippen molar-refractivity contribution >= 4 is 0 Å². The van der Waals surface area contributed by atoms with Crippen LogP contribution in [-0.4, -0.2) is 30.5 Å². The standard InChI is InChI=1S/C12H18O4/c1-7-5-10(15-3)11(16-4)6-9(7)12(14)8(2)13/h5-6,8,12-14H,1-4H3. The molecule has 0 radical (unpaired) electrons. The van der Waals surface area contributed by atoms with Gasteiger partial charge in [-0.1, -0.05) is 0 Å². The Labute approximate surface area is 95.4 Å². The van der Waals surface area contributed by atoms with E-state index in [0.717, 1.165) is 5.56 Å². The smallest absolute Gasteiger partial charge is 0.161 e. The van der Waals surface area contributed by atoms with Gasteiger partial charge in [-0.3, -0.25) is 0 Å². The van der Waals surface area contributed by atoms with Crippen LogP contribution < -0.4 is 9.47 Å². The third kappa shape index (κ3) is 2.46. The number of benzene rings is 1. The second kappa shape index (κ2) is 5.18. The summed E-state index contributed by atoms with van der Waals surface area (Å²) in [5.74, 6) is 1.16. The molecule has 0 bridgehead atoms. The van der Waals surface area contributed by atoms with E-state index in [2.05, 4.69) is 0 Å². The molecule has 0 aliphatic heterocycles. The minimum atomic E-state index is -0.917. The monoisotopic (exact) mass is 226 g/mol. The van der Waals surface area contributed by atoms with Crippen molar-refractivity contribution in [2.45, 2.75) is 26.1 Å². The molecule has 1 rings (SSSR count). The molecule has 0 aliphatic carbocycles. The minimum Gasteiger partial charge on any atom is -0.493 e. The van der Waals surface area contributed by atoms with Gasteiger partial charge in [0.2, 0.25) is 0 Å². The third-order valence-electron chi connectivity index (χ3n) is 2.55. The predicted molar refractivity (Wildman–Crippen MR) is 60.9 cm³/mol. The molecule has 0 spiro atoms. The summed E-state index contributed by atoms with van der Waals surface area (Å²) in [5, 5.41) is 19.2. The van der Waals surface area contributed by atoms with Crippen LogP contribution in [0.1, 0.15) is 24.2 Å². The van der Waals surface area contributed by atoms with E-state index >= 15 is 0 Å². The van der Waals surface area contributed by atoms with Gasteiger partial charge in [0.1, 0.15) is 6.10 Å². The zero-order valence-electron chi connectivity index (χ0n) is 10.0. The van der Waals surface area contributed by atoms with Gasteiger partial charge in [-0.05, 0) is 37.1 Å². The molecule has 0 amide bonds. The van der Waals surface area contributed by atoms with Gasteiger partial charge in [0.05, 0.1) is 20.3 Å². The highest BCUT2D eigenvalue weighted by atomic mass is 16.5. The van der Waals surface area contributed by atoms with E-state index < -0.39 is 12.2 Å². The van der Waals surface area contributed by atoms with E-state index in [0.29, 0.717) is 17.1 Å². The lowest BCUT2D eigenvalue weighted by molar-refractivity contribution is 0.0300. The molecule has 0 aliphatic rings. The fourth-order valence-electron chi connectivity index (χ4n) is 1.57. The number of aryl methyl sites for hydroxylation is 1. The molecular formula is C12H18O4. The number of hydrogen-bond acceptors (Lipinski definition) is 4. The first kappa shape index (κ1) is 12.8. The van der Waals surface area contributed by atoms with Crippen LogP contribution in [0.4, 0.5) is 0 Å². The van der Waals surface area contributed by atoms with Gasteiger partial charge in [0.15, 0.2) is 11.5 Å². The van der Waals surface area contributed by atoms with Crippen molar-refractivity contribution in [1.29, 1.82) is 0 Å². The summed E-state index contributed by atoms with van der Waals surface area (Å²) in [6.07, 6.45) is -1.74. The predicted octanol–water partition coefficient (Wildman–Crippen LogP) is 1.43. The lowest BCUT2D eigenvalue weighted by Gasteiger charge is -2.18. The van der Waals surface area contributed by atoms with Crippen molar-refractivity contribution < 1.29 is 19.7 Å². The van der Waals surface area contributed by atoms with Crippen LogP contribution in [0.3, 0.4) is 0 Å². The Bertz CT molecular complexity index is 360. The van der Waals surface area contributed by atoms with Gasteiger partial charge in [0, 0.05) is 0 Å². The van der Waals surface area contributed by atoms with Crippen molar-refractivity contribution in [3.63, 3.8) is 0 Å². The van der Waals surface area contributed by atoms with Crippen LogP contribution in [0, 0.1) is 6.92 Å². The van der Waals surface area contributed by atoms with E-state index in [4.69, 9.17) is 9.47 Å². The van der Waals surface area contributed by atoms with Crippen LogP contribution in [0.15, 0.2) is 12.1 Å². The topological polar surface area (TPSA) is 58.9 Å². The van der Waals surface area contributed by atoms with Gasteiger partial charge >= 0.3 is 0 Å². The second-order valence-corrected chi connectivity index (χ2v) is 3.75. The maximum absolute atomic E-state index is 9.82. The maximum atomic E-state index is 9.82. The Morgan fingerprint density at radius 2 is 1.56 bits per heavy atom. The average molecular weight is 226 g/mol. The van der Waals surface area contributed by atoms with Crippen molar-refractivity contribution in [1.82, 2.24) is 0 Å². The first-order valence-electron chi connectivity index (χ1n) is 5.10. The average Bonchev–Trinajstić information content (AvgIpc) is 2.27. The number of aliphatic hydroxyl groups is 2. The van der Waals surface area contributed by atoms with Gasteiger partial charge in [-0.2, -0.15) is 0 Å². The van der Waals surface area contributed by atoms with Crippen LogP contribution >= 0.6 is 0 Å². The molecule has 90 valence electrons. The fourth-order valence-corrected chi connectivity index (χ4v) is 1.57. The molecule has 4 nitrogen and oxygen atoms in total. The Hall–Kier alpha value is -1.26. The van der Waals surface area contributed by atoms with Crippen LogP contribution in [0.5, 0.6) is 11.5 Å². The highest BCUT2D eigenvalue weighted by Gasteiger charge is 2.18. The summed E-state index contributed by atoms with van der Waals surface area (Å²) in [6.45, 7) is 3.39. The first-order valence-corrected chi connectivity index (χ1v) is 5.10. The lowest BCUT2D eigenvalue weighted by Crippen LogP contribution is -2.15. The highest BCUT2D eigenvalue weighted by Crippen LogP contribution is 2.33. The van der Waals surface area contributed by atoms with Gasteiger partial charge in [-0.15, -0.1) is 0 Å². The SMILES string of the molecule is COc1cc(C)c(C(O)C(C)O)cc1OC. The van der Waals surface area contributed by atoms with E-state index in [1.54, 1.807) is 26.2 Å². The number of rotatable bonds is 4. The van der Waals surface area contributed by atoms with E-state index in [1.165, 1.54) is 7.11 Å². The van der Waals surface area contributed by atoms with Gasteiger partial charge < -0.3 is 19.7 Å². The molecular weight excluding hydrogens is 208 g/mol. The van der Waals surface area contributed by atoms with E-state index in [1.807, 2.05) is 6.92 Å². The van der Waals surface area contributed by atoms with Crippen molar-refractivity contribution in [3.8, 4) is 11.5 Å². The quantitative estimate of drug-likeness (QED) is 0.815. The van der Waals surface area contributed by atoms with Crippen molar-refractivity contribution in [3.05, 3.63) is 23.3 Å². The summed E-state index contributed by atoms with van der Waals surface area (Å²) >= 11 is 0. The van der Waals surface area contributed by atoms with Crippen molar-refractivity contribution in [2.75, 3.05) is 14.2 Å². The highest BCUT2D eigenvalue weighted by molar-refractivity contribution is 5.47. The largest absolute Gasteiger partial charge is 0.493 e. The normalized spacial score (nSPS) is 14.4. The Morgan fingerprint density at radius 3 is 2.00 bits per heavy atom. The molecule has 0 aromatic heterocycles. The molecule has 1 aromatic carbocycles. The summed E-state index contributed by atoms with van der Waals surface area (Å²) in [7, 11) is 3.09. The maximum Gasteiger partial charge on any atom is 0.161 e. The van der Waals surface area contributed by atoms with Crippen LogP contribution in [-0.2, 0) is 0 Å². The minimum absolute atomic E-state index is 0.544. The van der Waals surface area contributed by atoms with E-state index in [-0.39, 0.29) is 0 Å². The Morgan fingerprint density at radius 1 is 1.06 bits per heavy atom.